The summed E-state index contributed by atoms with van der Waals surface area (Å²) in [6, 6.07) is 13.7. The molecule has 1 amide bonds. The number of phenols is 1. The van der Waals surface area contributed by atoms with E-state index in [9.17, 15) is 18.7 Å². The molecule has 42 heavy (non-hydrogen) atoms. The lowest BCUT2D eigenvalue weighted by atomic mass is 10.1. The Morgan fingerprint density at radius 3 is 2.50 bits per heavy atom. The number of amides is 1. The van der Waals surface area contributed by atoms with Gasteiger partial charge in [0.05, 0.1) is 22.4 Å². The number of hydrogen-bond acceptors (Lipinski definition) is 5. The van der Waals surface area contributed by atoms with E-state index in [1.165, 1.54) is 0 Å². The molecular formula is C32H30F2N6O2. The van der Waals surface area contributed by atoms with E-state index in [4.69, 9.17) is 15.7 Å². The minimum absolute atomic E-state index is 0.00781. The van der Waals surface area contributed by atoms with Crippen molar-refractivity contribution >= 4 is 28.0 Å². The minimum Gasteiger partial charge on any atom is -0.503 e. The van der Waals surface area contributed by atoms with Gasteiger partial charge in [0.25, 0.3) is 5.91 Å². The van der Waals surface area contributed by atoms with Gasteiger partial charge in [0.2, 0.25) is 0 Å². The molecule has 1 saturated heterocycles. The molecule has 2 aliphatic carbocycles. The van der Waals surface area contributed by atoms with Crippen LogP contribution in [0.4, 0.5) is 8.78 Å². The predicted molar refractivity (Wildman–Crippen MR) is 155 cm³/mol. The molecule has 3 fully saturated rings. The van der Waals surface area contributed by atoms with E-state index in [1.54, 1.807) is 6.07 Å². The van der Waals surface area contributed by atoms with Crippen molar-refractivity contribution in [3.8, 4) is 28.5 Å². The number of hydrogen-bond donors (Lipinski definition) is 2. The normalized spacial score (nSPS) is 21.7. The molecule has 2 aromatic carbocycles. The van der Waals surface area contributed by atoms with E-state index in [1.807, 2.05) is 46.8 Å². The van der Waals surface area contributed by atoms with Crippen molar-refractivity contribution in [3.05, 3.63) is 65.7 Å². The molecule has 2 saturated carbocycles. The van der Waals surface area contributed by atoms with Gasteiger partial charge in [-0.25, -0.2) is 18.7 Å². The van der Waals surface area contributed by atoms with Crippen LogP contribution in [0.25, 0.3) is 44.8 Å². The summed E-state index contributed by atoms with van der Waals surface area (Å²) in [7, 11) is 1.96. The van der Waals surface area contributed by atoms with Crippen LogP contribution in [0.5, 0.6) is 5.75 Å². The summed E-state index contributed by atoms with van der Waals surface area (Å²) in [5.41, 5.74) is 10.9. The number of halogens is 2. The van der Waals surface area contributed by atoms with E-state index < -0.39 is 17.4 Å². The maximum atomic E-state index is 14.1. The van der Waals surface area contributed by atoms with Crippen LogP contribution in [-0.2, 0) is 13.6 Å². The van der Waals surface area contributed by atoms with E-state index in [0.29, 0.717) is 28.7 Å². The average Bonchev–Trinajstić information content (AvgIpc) is 3.40. The zero-order valence-corrected chi connectivity index (χ0v) is 23.1. The SMILES string of the molecule is Cn1c(-c2cc3ccc(-c4cc(F)c(O)c(F)c4)nc3n2CC2CC2)nc2cc(C(=O)N3CC4CCC3[C@@H]4N)ccc21. The molecule has 3 atom stereocenters. The number of carbonyl (C=O) groups excluding carboxylic acids is 1. The molecular weight excluding hydrogens is 538 g/mol. The minimum atomic E-state index is -1.03. The number of benzene rings is 2. The zero-order chi connectivity index (χ0) is 28.9. The molecule has 8 nitrogen and oxygen atoms in total. The number of fused-ring (bicyclic) bond motifs is 4. The number of aromatic hydroxyl groups is 1. The number of aromatic nitrogens is 4. The van der Waals surface area contributed by atoms with Crippen LogP contribution >= 0.6 is 0 Å². The van der Waals surface area contributed by atoms with Crippen LogP contribution in [0, 0.1) is 23.5 Å². The summed E-state index contributed by atoms with van der Waals surface area (Å²) in [5.74, 6) is -1.39. The quantitative estimate of drug-likeness (QED) is 0.303. The van der Waals surface area contributed by atoms with E-state index in [-0.39, 0.29) is 23.6 Å². The number of pyridine rings is 1. The Morgan fingerprint density at radius 1 is 1.02 bits per heavy atom. The highest BCUT2D eigenvalue weighted by Gasteiger charge is 2.46. The number of rotatable bonds is 5. The van der Waals surface area contributed by atoms with Crippen molar-refractivity contribution in [2.75, 3.05) is 6.54 Å². The molecule has 8 rings (SSSR count). The summed E-state index contributed by atoms with van der Waals surface area (Å²) in [5, 5.41) is 10.4. The second kappa shape index (κ2) is 9.09. The first-order valence-corrected chi connectivity index (χ1v) is 14.5. The fraction of sp³-hybridized carbons (Fsp3) is 0.344. The Bertz CT molecular complexity index is 1900. The Morgan fingerprint density at radius 2 is 1.81 bits per heavy atom. The maximum Gasteiger partial charge on any atom is 0.254 e. The summed E-state index contributed by atoms with van der Waals surface area (Å²) >= 11 is 0. The van der Waals surface area contributed by atoms with Gasteiger partial charge in [-0.05, 0) is 86.1 Å². The van der Waals surface area contributed by atoms with Gasteiger partial charge in [0, 0.05) is 48.7 Å². The number of carbonyl (C=O) groups is 1. The fourth-order valence-electron chi connectivity index (χ4n) is 6.94. The number of nitrogens with zero attached hydrogens (tertiary/aromatic N) is 5. The second-order valence-electron chi connectivity index (χ2n) is 12.1. The first kappa shape index (κ1) is 25.4. The summed E-state index contributed by atoms with van der Waals surface area (Å²) in [4.78, 5) is 25.2. The van der Waals surface area contributed by atoms with Crippen molar-refractivity contribution < 1.29 is 18.7 Å². The van der Waals surface area contributed by atoms with Crippen molar-refractivity contribution in [3.63, 3.8) is 0 Å². The van der Waals surface area contributed by atoms with Crippen molar-refractivity contribution in [2.45, 2.75) is 44.3 Å². The molecule has 5 aromatic rings. The molecule has 2 unspecified atom stereocenters. The van der Waals surface area contributed by atoms with Gasteiger partial charge >= 0.3 is 0 Å². The molecule has 214 valence electrons. The number of likely N-dealkylation sites (tertiary alicyclic amines) is 1. The van der Waals surface area contributed by atoms with Crippen LogP contribution in [0.2, 0.25) is 0 Å². The standard InChI is InChI=1S/C32H30F2N6O2/c1-38-25-8-5-18(32(42)40-15-19-6-9-26(40)28(19)35)12-24(25)37-31(38)27-13-17-4-7-23(20-10-21(33)29(41)22(34)11-20)36-30(17)39(27)14-16-2-3-16/h4-5,7-8,10-13,16,19,26,28,41H,2-3,6,9,14-15,35H2,1H3/t19?,26?,28-/m1/s1. The van der Waals surface area contributed by atoms with Gasteiger partial charge in [-0.15, -0.1) is 0 Å². The molecule has 4 heterocycles. The highest BCUT2D eigenvalue weighted by molar-refractivity contribution is 5.98. The molecule has 10 heteroatoms. The number of imidazole rings is 1. The van der Waals surface area contributed by atoms with Gasteiger partial charge < -0.3 is 24.9 Å². The predicted octanol–water partition coefficient (Wildman–Crippen LogP) is 5.21. The smallest absolute Gasteiger partial charge is 0.254 e. The molecule has 1 aliphatic heterocycles. The number of aryl methyl sites for hydroxylation is 1. The van der Waals surface area contributed by atoms with Crippen molar-refractivity contribution in [1.82, 2.24) is 24.0 Å². The lowest BCUT2D eigenvalue weighted by Gasteiger charge is -2.27. The largest absolute Gasteiger partial charge is 0.503 e. The van der Waals surface area contributed by atoms with Gasteiger partial charge in [-0.3, -0.25) is 4.79 Å². The second-order valence-corrected chi connectivity index (χ2v) is 12.1. The van der Waals surface area contributed by atoms with Crippen LogP contribution in [0.3, 0.4) is 0 Å². The number of piperidine rings is 1. The molecule has 2 bridgehead atoms. The first-order chi connectivity index (χ1) is 20.3. The molecule has 0 spiro atoms. The third kappa shape index (κ3) is 3.84. The van der Waals surface area contributed by atoms with Crippen molar-refractivity contribution in [1.29, 1.82) is 0 Å². The van der Waals surface area contributed by atoms with Gasteiger partial charge in [0.15, 0.2) is 23.2 Å². The number of phenolic OH excluding ortho intramolecular Hbond substituents is 1. The zero-order valence-electron chi connectivity index (χ0n) is 23.1. The van der Waals surface area contributed by atoms with E-state index in [0.717, 1.165) is 78.8 Å². The third-order valence-corrected chi connectivity index (χ3v) is 9.47. The van der Waals surface area contributed by atoms with Crippen LogP contribution in [-0.4, -0.2) is 53.6 Å². The molecule has 3 N–H and O–H groups in total. The Hall–Kier alpha value is -4.31. The lowest BCUT2D eigenvalue weighted by Crippen LogP contribution is -2.41. The lowest BCUT2D eigenvalue weighted by molar-refractivity contribution is 0.0701. The van der Waals surface area contributed by atoms with Crippen molar-refractivity contribution in [2.24, 2.45) is 24.6 Å². The highest BCUT2D eigenvalue weighted by atomic mass is 19.1. The van der Waals surface area contributed by atoms with Crippen LogP contribution in [0.15, 0.2) is 48.5 Å². The fourth-order valence-corrected chi connectivity index (χ4v) is 6.94. The van der Waals surface area contributed by atoms with E-state index in [2.05, 4.69) is 4.57 Å². The molecule has 3 aromatic heterocycles. The summed E-state index contributed by atoms with van der Waals surface area (Å²) < 4.78 is 32.4. The van der Waals surface area contributed by atoms with Gasteiger partial charge in [0.1, 0.15) is 5.65 Å². The summed E-state index contributed by atoms with van der Waals surface area (Å²) in [6.45, 7) is 1.47. The van der Waals surface area contributed by atoms with Crippen LogP contribution < -0.4 is 5.73 Å². The van der Waals surface area contributed by atoms with Gasteiger partial charge in [-0.1, -0.05) is 0 Å². The maximum absolute atomic E-state index is 14.1. The van der Waals surface area contributed by atoms with Crippen LogP contribution in [0.1, 0.15) is 36.0 Å². The Kier molecular flexibility index (Phi) is 5.50. The topological polar surface area (TPSA) is 102 Å². The number of nitrogens with two attached hydrogens (primary N) is 1. The van der Waals surface area contributed by atoms with Gasteiger partial charge in [-0.2, -0.15) is 0 Å². The Balaban J connectivity index is 1.21. The van der Waals surface area contributed by atoms with E-state index >= 15 is 0 Å². The Labute approximate surface area is 240 Å². The molecule has 0 radical (unpaired) electrons. The first-order valence-electron chi connectivity index (χ1n) is 14.5. The molecule has 3 aliphatic rings. The third-order valence-electron chi connectivity index (χ3n) is 9.47. The average molecular weight is 569 g/mol. The monoisotopic (exact) mass is 568 g/mol. The summed E-state index contributed by atoms with van der Waals surface area (Å²) in [6.07, 6.45) is 4.31. The highest BCUT2D eigenvalue weighted by Crippen LogP contribution is 2.39.